The Kier molecular flexibility index (Phi) is 14.9. The molecular formula is C47H48O12. The molecule has 4 aromatic rings. The molecule has 12 nitrogen and oxygen atoms in total. The quantitative estimate of drug-likeness (QED) is 0.0703. The topological polar surface area (TPSA) is 186 Å². The molecule has 0 spiro atoms. The van der Waals surface area contributed by atoms with Crippen molar-refractivity contribution in [3.05, 3.63) is 136 Å². The van der Waals surface area contributed by atoms with E-state index in [2.05, 4.69) is 0 Å². The summed E-state index contributed by atoms with van der Waals surface area (Å²) in [6.07, 6.45) is 7.79. The lowest BCUT2D eigenvalue weighted by molar-refractivity contribution is -0.131. The Balaban J connectivity index is 1.64. The molecule has 0 bridgehead atoms. The molecule has 12 heteroatoms. The van der Waals surface area contributed by atoms with Crippen molar-refractivity contribution in [2.75, 3.05) is 28.4 Å². The van der Waals surface area contributed by atoms with Gasteiger partial charge in [-0.1, -0.05) is 54.6 Å². The first-order chi connectivity index (χ1) is 28.5. The molecule has 0 heterocycles. The fourth-order valence-corrected chi connectivity index (χ4v) is 7.58. The van der Waals surface area contributed by atoms with Crippen LogP contribution in [-0.4, -0.2) is 72.0 Å². The molecule has 4 aromatic carbocycles. The highest BCUT2D eigenvalue weighted by atomic mass is 16.5. The lowest BCUT2D eigenvalue weighted by Gasteiger charge is -2.35. The van der Waals surface area contributed by atoms with Gasteiger partial charge in [-0.2, -0.15) is 0 Å². The van der Waals surface area contributed by atoms with E-state index < -0.39 is 40.4 Å². The zero-order valence-electron chi connectivity index (χ0n) is 33.3. The van der Waals surface area contributed by atoms with E-state index in [1.54, 1.807) is 72.8 Å². The number of hydrogen-bond acceptors (Lipinski definition) is 12. The van der Waals surface area contributed by atoms with E-state index in [0.29, 0.717) is 61.8 Å². The van der Waals surface area contributed by atoms with E-state index in [9.17, 15) is 39.6 Å². The zero-order chi connectivity index (χ0) is 42.7. The first kappa shape index (κ1) is 43.9. The van der Waals surface area contributed by atoms with Crippen molar-refractivity contribution in [1.29, 1.82) is 0 Å². The van der Waals surface area contributed by atoms with Gasteiger partial charge in [0.25, 0.3) is 0 Å². The molecule has 1 aliphatic carbocycles. The smallest absolute Gasteiger partial charge is 0.167 e. The Bertz CT molecular complexity index is 2210. The molecule has 3 atom stereocenters. The summed E-state index contributed by atoms with van der Waals surface area (Å²) in [7, 11) is 5.88. The first-order valence-corrected chi connectivity index (χ1v) is 18.8. The van der Waals surface area contributed by atoms with Crippen molar-refractivity contribution in [1.82, 2.24) is 0 Å². The number of aliphatic hydroxyl groups is 4. The van der Waals surface area contributed by atoms with Gasteiger partial charge in [0.15, 0.2) is 40.3 Å². The van der Waals surface area contributed by atoms with E-state index in [1.165, 1.54) is 64.9 Å². The number of carbonyl (C=O) groups excluding carboxylic acids is 4. The van der Waals surface area contributed by atoms with Crippen LogP contribution in [0.15, 0.2) is 91.0 Å². The molecule has 5 rings (SSSR count). The molecule has 0 aliphatic heterocycles. The van der Waals surface area contributed by atoms with Crippen LogP contribution in [0.25, 0.3) is 18.2 Å². The molecule has 0 aromatic heterocycles. The largest absolute Gasteiger partial charge is 0.493 e. The second-order valence-electron chi connectivity index (χ2n) is 14.1. The minimum Gasteiger partial charge on any atom is -0.493 e. The minimum absolute atomic E-state index is 0.199. The molecule has 1 saturated carbocycles. The van der Waals surface area contributed by atoms with Crippen molar-refractivity contribution in [3.63, 3.8) is 0 Å². The van der Waals surface area contributed by atoms with Crippen molar-refractivity contribution in [2.24, 2.45) is 11.8 Å². The zero-order valence-corrected chi connectivity index (χ0v) is 33.3. The van der Waals surface area contributed by atoms with Gasteiger partial charge in [-0.15, -0.1) is 0 Å². The highest BCUT2D eigenvalue weighted by Gasteiger charge is 2.56. The molecule has 1 aliphatic rings. The van der Waals surface area contributed by atoms with Gasteiger partial charge >= 0.3 is 0 Å². The normalized spacial score (nSPS) is 17.2. The van der Waals surface area contributed by atoms with Crippen LogP contribution in [0.1, 0.15) is 57.3 Å². The van der Waals surface area contributed by atoms with Crippen LogP contribution < -0.4 is 18.9 Å². The SMILES string of the molecule is COc1ccc(/C=C/C(=O)C(C(=O)/C=C/c2ccc(CO)c(CO)c2)C2(c3ccc(OC)c(OC)c3)CC(=O)C(C(=O)/C=C/c3ccc(CO)c(CO)c3)C2)cc1OC. The Hall–Kier alpha value is -6.18. The molecule has 59 heavy (non-hydrogen) atoms. The number of aliphatic hydroxyl groups excluding tert-OH is 4. The van der Waals surface area contributed by atoms with E-state index in [-0.39, 0.29) is 45.0 Å². The van der Waals surface area contributed by atoms with Crippen LogP contribution in [0.3, 0.4) is 0 Å². The molecule has 1 fully saturated rings. The van der Waals surface area contributed by atoms with Crippen molar-refractivity contribution in [3.8, 4) is 23.0 Å². The summed E-state index contributed by atoms with van der Waals surface area (Å²) in [6, 6.07) is 19.8. The fourth-order valence-electron chi connectivity index (χ4n) is 7.58. The molecular weight excluding hydrogens is 757 g/mol. The third-order valence-corrected chi connectivity index (χ3v) is 10.7. The summed E-state index contributed by atoms with van der Waals surface area (Å²) in [5.74, 6) is -3.48. The Morgan fingerprint density at radius 3 is 1.53 bits per heavy atom. The van der Waals surface area contributed by atoms with E-state index >= 15 is 0 Å². The van der Waals surface area contributed by atoms with E-state index in [1.807, 2.05) is 0 Å². The number of Topliss-reactive ketones (excluding diaryl/α,β-unsaturated/α-hetero) is 1. The van der Waals surface area contributed by atoms with E-state index in [0.717, 1.165) is 0 Å². The third kappa shape index (κ3) is 9.76. The predicted molar refractivity (Wildman–Crippen MR) is 221 cm³/mol. The maximum atomic E-state index is 14.7. The van der Waals surface area contributed by atoms with Crippen LogP contribution in [0.4, 0.5) is 0 Å². The van der Waals surface area contributed by atoms with Crippen molar-refractivity contribution < 1.29 is 58.6 Å². The number of hydrogen-bond donors (Lipinski definition) is 4. The average Bonchev–Trinajstić information content (AvgIpc) is 3.62. The Morgan fingerprint density at radius 1 is 0.593 bits per heavy atom. The fraction of sp³-hybridized carbons (Fsp3) is 0.277. The van der Waals surface area contributed by atoms with Gasteiger partial charge < -0.3 is 39.4 Å². The standard InChI is InChI=1S/C47H48O12/c1-56-42-17-10-31(21-44(42)58-3)9-16-40(54)46(39(53)15-8-30-6-12-33(26-49)35(20-30)28-51)47(36-13-18-43(57-2)45(22-36)59-4)23-37(41(55)24-47)38(52)14-7-29-5-11-32(25-48)34(19-29)27-50/h5-22,37,46,48-51H,23-28H2,1-4H3/b14-7+,15-8+,16-9+. The second-order valence-corrected chi connectivity index (χ2v) is 14.1. The van der Waals surface area contributed by atoms with Gasteiger partial charge in [-0.3, -0.25) is 19.2 Å². The van der Waals surface area contributed by atoms with Gasteiger partial charge in [0.2, 0.25) is 0 Å². The number of rotatable bonds is 19. The van der Waals surface area contributed by atoms with Crippen LogP contribution in [0.5, 0.6) is 23.0 Å². The Labute approximate surface area is 342 Å². The van der Waals surface area contributed by atoms with Crippen LogP contribution >= 0.6 is 0 Å². The van der Waals surface area contributed by atoms with Gasteiger partial charge in [0.1, 0.15) is 5.78 Å². The highest BCUT2D eigenvalue weighted by molar-refractivity contribution is 6.17. The molecule has 308 valence electrons. The maximum Gasteiger partial charge on any atom is 0.167 e. The maximum absolute atomic E-state index is 14.7. The summed E-state index contributed by atoms with van der Waals surface area (Å²) in [6.45, 7) is -1.24. The van der Waals surface area contributed by atoms with Crippen LogP contribution in [0, 0.1) is 11.8 Å². The lowest BCUT2D eigenvalue weighted by atomic mass is 9.64. The van der Waals surface area contributed by atoms with Gasteiger partial charge in [0, 0.05) is 11.8 Å². The van der Waals surface area contributed by atoms with Crippen molar-refractivity contribution >= 4 is 41.4 Å². The number of ether oxygens (including phenoxy) is 4. The summed E-state index contributed by atoms with van der Waals surface area (Å²) in [5.41, 5.74) is 2.49. The lowest BCUT2D eigenvalue weighted by Crippen LogP contribution is -2.42. The number of allylic oxidation sites excluding steroid dienone is 3. The summed E-state index contributed by atoms with van der Waals surface area (Å²) in [4.78, 5) is 57.5. The Morgan fingerprint density at radius 2 is 1.03 bits per heavy atom. The van der Waals surface area contributed by atoms with Gasteiger partial charge in [0.05, 0.1) is 66.7 Å². The van der Waals surface area contributed by atoms with E-state index in [4.69, 9.17) is 18.9 Å². The number of ketones is 4. The second kappa shape index (κ2) is 20.0. The van der Waals surface area contributed by atoms with Gasteiger partial charge in [-0.25, -0.2) is 0 Å². The summed E-state index contributed by atoms with van der Waals surface area (Å²) in [5, 5.41) is 39.0. The summed E-state index contributed by atoms with van der Waals surface area (Å²) < 4.78 is 21.9. The van der Waals surface area contributed by atoms with Crippen LogP contribution in [0.2, 0.25) is 0 Å². The third-order valence-electron chi connectivity index (χ3n) is 10.7. The molecule has 0 saturated heterocycles. The number of benzene rings is 4. The molecule has 3 unspecified atom stereocenters. The highest BCUT2D eigenvalue weighted by Crippen LogP contribution is 2.51. The van der Waals surface area contributed by atoms with Crippen LogP contribution in [-0.2, 0) is 51.0 Å². The minimum atomic E-state index is -1.55. The molecule has 0 radical (unpaired) electrons. The van der Waals surface area contributed by atoms with Crippen molar-refractivity contribution in [2.45, 2.75) is 44.7 Å². The molecule has 4 N–H and O–H groups in total. The monoisotopic (exact) mass is 804 g/mol. The summed E-state index contributed by atoms with van der Waals surface area (Å²) >= 11 is 0. The average molecular weight is 805 g/mol. The predicted octanol–water partition coefficient (Wildman–Crippen LogP) is 5.37. The van der Waals surface area contributed by atoms with Gasteiger partial charge in [-0.05, 0) is 106 Å². The first-order valence-electron chi connectivity index (χ1n) is 18.8. The molecule has 0 amide bonds. The number of methoxy groups -OCH3 is 4. The number of carbonyl (C=O) groups is 4.